The molecule has 3 rings (SSSR count). The van der Waals surface area contributed by atoms with Crippen LogP contribution in [0.5, 0.6) is 11.5 Å². The molecule has 160 valence electrons. The van der Waals surface area contributed by atoms with Gasteiger partial charge >= 0.3 is 0 Å². The van der Waals surface area contributed by atoms with Crippen LogP contribution in [0.15, 0.2) is 52.5 Å². The minimum absolute atomic E-state index is 0.0937. The summed E-state index contributed by atoms with van der Waals surface area (Å²) < 4.78 is 37.6. The van der Waals surface area contributed by atoms with Crippen LogP contribution in [0.25, 0.3) is 0 Å². The number of benzene rings is 2. The molecule has 1 N–H and O–H groups in total. The zero-order valence-electron chi connectivity index (χ0n) is 16.5. The van der Waals surface area contributed by atoms with Gasteiger partial charge in [0.2, 0.25) is 10.0 Å². The van der Waals surface area contributed by atoms with E-state index in [2.05, 4.69) is 10.5 Å². The van der Waals surface area contributed by atoms with Crippen molar-refractivity contribution in [3.63, 3.8) is 0 Å². The summed E-state index contributed by atoms with van der Waals surface area (Å²) in [4.78, 5) is 12.7. The predicted molar refractivity (Wildman–Crippen MR) is 114 cm³/mol. The molecule has 1 saturated heterocycles. The molecule has 0 saturated carbocycles. The van der Waals surface area contributed by atoms with Gasteiger partial charge in [-0.05, 0) is 49.2 Å². The number of hydrazone groups is 1. The molecule has 1 heterocycles. The summed E-state index contributed by atoms with van der Waals surface area (Å²) in [5.41, 5.74) is 3.04. The zero-order chi connectivity index (χ0) is 21.7. The van der Waals surface area contributed by atoms with Gasteiger partial charge in [0.15, 0.2) is 11.5 Å². The first kappa shape index (κ1) is 22.1. The Bertz CT molecular complexity index is 1040. The SMILES string of the molecule is COc1cccc(/C=N\NC(=O)[C@@H]2CCCN2S(=O)(=O)c2ccc(Cl)cc2)c1OC. The summed E-state index contributed by atoms with van der Waals surface area (Å²) in [7, 11) is -0.791. The highest BCUT2D eigenvalue weighted by Crippen LogP contribution is 2.29. The summed E-state index contributed by atoms with van der Waals surface area (Å²) in [6.45, 7) is 0.260. The number of methoxy groups -OCH3 is 2. The van der Waals surface area contributed by atoms with E-state index in [1.165, 1.54) is 49.0 Å². The lowest BCUT2D eigenvalue weighted by Crippen LogP contribution is -2.44. The fourth-order valence-electron chi connectivity index (χ4n) is 3.29. The van der Waals surface area contributed by atoms with Crippen molar-refractivity contribution < 1.29 is 22.7 Å². The highest BCUT2D eigenvalue weighted by atomic mass is 35.5. The molecule has 8 nitrogen and oxygen atoms in total. The number of amides is 1. The molecule has 2 aromatic carbocycles. The molecule has 0 aromatic heterocycles. The molecule has 0 bridgehead atoms. The van der Waals surface area contributed by atoms with Crippen LogP contribution in [-0.4, -0.2) is 51.7 Å². The largest absolute Gasteiger partial charge is 0.493 e. The van der Waals surface area contributed by atoms with Gasteiger partial charge in [-0.2, -0.15) is 9.41 Å². The van der Waals surface area contributed by atoms with Crippen LogP contribution >= 0.6 is 11.6 Å². The first-order valence-electron chi connectivity index (χ1n) is 9.20. The number of sulfonamides is 1. The van der Waals surface area contributed by atoms with E-state index in [4.69, 9.17) is 21.1 Å². The summed E-state index contributed by atoms with van der Waals surface area (Å²) in [6, 6.07) is 10.3. The molecule has 0 spiro atoms. The Morgan fingerprint density at radius 2 is 1.93 bits per heavy atom. The minimum Gasteiger partial charge on any atom is -0.493 e. The Hall–Kier alpha value is -2.62. The van der Waals surface area contributed by atoms with Gasteiger partial charge in [0.25, 0.3) is 5.91 Å². The summed E-state index contributed by atoms with van der Waals surface area (Å²) in [5.74, 6) is 0.512. The maximum absolute atomic E-state index is 12.9. The van der Waals surface area contributed by atoms with Crippen molar-refractivity contribution >= 4 is 33.7 Å². The highest BCUT2D eigenvalue weighted by Gasteiger charge is 2.39. The van der Waals surface area contributed by atoms with Crippen LogP contribution in [0.3, 0.4) is 0 Å². The molecule has 1 fully saturated rings. The standard InChI is InChI=1S/C20H22ClN3O5S/c1-28-18-7-3-5-14(19(18)29-2)13-22-23-20(25)17-6-4-12-24(17)30(26,27)16-10-8-15(21)9-11-16/h3,5,7-11,13,17H,4,6,12H2,1-2H3,(H,23,25)/b22-13-/t17-/m0/s1. The van der Waals surface area contributed by atoms with Crippen molar-refractivity contribution in [2.45, 2.75) is 23.8 Å². The molecule has 10 heteroatoms. The van der Waals surface area contributed by atoms with Crippen molar-refractivity contribution in [3.8, 4) is 11.5 Å². The second kappa shape index (κ2) is 9.46. The number of halogens is 1. The fourth-order valence-corrected chi connectivity index (χ4v) is 5.07. The van der Waals surface area contributed by atoms with Crippen molar-refractivity contribution in [1.29, 1.82) is 0 Å². The Balaban J connectivity index is 1.74. The number of rotatable bonds is 7. The maximum atomic E-state index is 12.9. The van der Waals surface area contributed by atoms with Crippen LogP contribution < -0.4 is 14.9 Å². The molecule has 1 aliphatic heterocycles. The molecular weight excluding hydrogens is 430 g/mol. The molecule has 1 aliphatic rings. The van der Waals surface area contributed by atoms with Gasteiger partial charge in [0.1, 0.15) is 6.04 Å². The first-order valence-corrected chi connectivity index (χ1v) is 11.0. The average molecular weight is 452 g/mol. The van der Waals surface area contributed by atoms with Gasteiger partial charge in [-0.15, -0.1) is 0 Å². The van der Waals surface area contributed by atoms with Crippen LogP contribution in [0.1, 0.15) is 18.4 Å². The lowest BCUT2D eigenvalue weighted by Gasteiger charge is -2.22. The van der Waals surface area contributed by atoms with Crippen LogP contribution in [0.2, 0.25) is 5.02 Å². The fraction of sp³-hybridized carbons (Fsp3) is 0.300. The molecule has 0 radical (unpaired) electrons. The normalized spacial score (nSPS) is 17.2. The van der Waals surface area contributed by atoms with E-state index in [1.807, 2.05) is 0 Å². The third kappa shape index (κ3) is 4.58. The second-order valence-electron chi connectivity index (χ2n) is 6.54. The third-order valence-electron chi connectivity index (χ3n) is 4.74. The van der Waals surface area contributed by atoms with Gasteiger partial charge in [0.05, 0.1) is 25.3 Å². The van der Waals surface area contributed by atoms with Crippen LogP contribution in [-0.2, 0) is 14.8 Å². The Labute approximate surface area is 180 Å². The Morgan fingerprint density at radius 3 is 2.60 bits per heavy atom. The second-order valence-corrected chi connectivity index (χ2v) is 8.87. The van der Waals surface area contributed by atoms with Gasteiger partial charge in [-0.3, -0.25) is 4.79 Å². The van der Waals surface area contributed by atoms with Crippen molar-refractivity contribution in [2.24, 2.45) is 5.10 Å². The molecule has 30 heavy (non-hydrogen) atoms. The van der Waals surface area contributed by atoms with Crippen LogP contribution in [0.4, 0.5) is 0 Å². The summed E-state index contributed by atoms with van der Waals surface area (Å²) >= 11 is 5.84. The monoisotopic (exact) mass is 451 g/mol. The van der Waals surface area contributed by atoms with E-state index in [0.29, 0.717) is 34.9 Å². The smallest absolute Gasteiger partial charge is 0.258 e. The number of para-hydroxylation sites is 1. The number of carbonyl (C=O) groups is 1. The number of ether oxygens (including phenoxy) is 2. The Morgan fingerprint density at radius 1 is 1.20 bits per heavy atom. The summed E-state index contributed by atoms with van der Waals surface area (Å²) in [5, 5.41) is 4.41. The van der Waals surface area contributed by atoms with Gasteiger partial charge < -0.3 is 9.47 Å². The van der Waals surface area contributed by atoms with Gasteiger partial charge in [-0.1, -0.05) is 17.7 Å². The topological polar surface area (TPSA) is 97.3 Å². The molecule has 1 amide bonds. The number of hydrogen-bond donors (Lipinski definition) is 1. The lowest BCUT2D eigenvalue weighted by molar-refractivity contribution is -0.124. The highest BCUT2D eigenvalue weighted by molar-refractivity contribution is 7.89. The van der Waals surface area contributed by atoms with E-state index in [1.54, 1.807) is 18.2 Å². The quantitative estimate of drug-likeness (QED) is 0.515. The number of carbonyl (C=O) groups excluding carboxylic acids is 1. The zero-order valence-corrected chi connectivity index (χ0v) is 18.1. The van der Waals surface area contributed by atoms with Crippen LogP contribution in [0, 0.1) is 0 Å². The van der Waals surface area contributed by atoms with E-state index < -0.39 is 22.0 Å². The van der Waals surface area contributed by atoms with Crippen molar-refractivity contribution in [2.75, 3.05) is 20.8 Å². The van der Waals surface area contributed by atoms with Gasteiger partial charge in [0, 0.05) is 17.1 Å². The Kier molecular flexibility index (Phi) is 6.96. The number of hydrogen-bond acceptors (Lipinski definition) is 6. The maximum Gasteiger partial charge on any atom is 0.258 e. The lowest BCUT2D eigenvalue weighted by atomic mass is 10.2. The van der Waals surface area contributed by atoms with E-state index in [-0.39, 0.29) is 11.4 Å². The number of nitrogens with zero attached hydrogens (tertiary/aromatic N) is 2. The average Bonchev–Trinajstić information content (AvgIpc) is 3.24. The summed E-state index contributed by atoms with van der Waals surface area (Å²) in [6.07, 6.45) is 2.42. The van der Waals surface area contributed by atoms with Gasteiger partial charge in [-0.25, -0.2) is 13.8 Å². The molecule has 1 atom stereocenters. The number of nitrogens with one attached hydrogen (secondary N) is 1. The molecular formula is C20H22ClN3O5S. The third-order valence-corrected chi connectivity index (χ3v) is 6.91. The first-order chi connectivity index (χ1) is 14.4. The molecule has 0 aliphatic carbocycles. The molecule has 0 unspecified atom stereocenters. The van der Waals surface area contributed by atoms with E-state index in [9.17, 15) is 13.2 Å². The van der Waals surface area contributed by atoms with E-state index in [0.717, 1.165) is 0 Å². The van der Waals surface area contributed by atoms with E-state index >= 15 is 0 Å². The minimum atomic E-state index is -3.82. The predicted octanol–water partition coefficient (Wildman–Crippen LogP) is 2.66. The van der Waals surface area contributed by atoms with Crippen molar-refractivity contribution in [3.05, 3.63) is 53.1 Å². The van der Waals surface area contributed by atoms with Crippen molar-refractivity contribution in [1.82, 2.24) is 9.73 Å². The molecule has 2 aromatic rings.